The van der Waals surface area contributed by atoms with Gasteiger partial charge in [0.15, 0.2) is 0 Å². The van der Waals surface area contributed by atoms with E-state index in [0.29, 0.717) is 11.9 Å². The first-order valence-corrected chi connectivity index (χ1v) is 9.49. The van der Waals surface area contributed by atoms with Gasteiger partial charge in [0.05, 0.1) is 18.6 Å². The largest absolute Gasteiger partial charge is 0.497 e. The Morgan fingerprint density at radius 3 is 2.54 bits per heavy atom. The zero-order chi connectivity index (χ0) is 18.3. The van der Waals surface area contributed by atoms with Crippen LogP contribution in [0.3, 0.4) is 0 Å². The predicted octanol–water partition coefficient (Wildman–Crippen LogP) is 3.40. The van der Waals surface area contributed by atoms with Crippen LogP contribution in [0.5, 0.6) is 5.75 Å². The van der Waals surface area contributed by atoms with E-state index in [2.05, 4.69) is 33.5 Å². The Bertz CT molecular complexity index is 786. The number of aryl methyl sites for hydroxylation is 2. The van der Waals surface area contributed by atoms with Gasteiger partial charge in [-0.2, -0.15) is 0 Å². The van der Waals surface area contributed by atoms with Crippen molar-refractivity contribution in [2.45, 2.75) is 51.0 Å². The molecule has 1 aliphatic carbocycles. The van der Waals surface area contributed by atoms with Gasteiger partial charge in [0.2, 0.25) is 5.91 Å². The van der Waals surface area contributed by atoms with Gasteiger partial charge in [-0.1, -0.05) is 12.1 Å². The molecule has 2 aliphatic rings. The van der Waals surface area contributed by atoms with Crippen molar-refractivity contribution in [3.8, 4) is 5.75 Å². The second-order valence-electron chi connectivity index (χ2n) is 7.67. The number of methoxy groups -OCH3 is 1. The summed E-state index contributed by atoms with van der Waals surface area (Å²) in [5.41, 5.74) is 1.99. The van der Waals surface area contributed by atoms with E-state index >= 15 is 0 Å². The zero-order valence-corrected chi connectivity index (χ0v) is 15.9. The number of rotatable bonds is 4. The summed E-state index contributed by atoms with van der Waals surface area (Å²) in [5, 5.41) is 0. The molecule has 1 aromatic carbocycles. The Balaban J connectivity index is 1.54. The van der Waals surface area contributed by atoms with Gasteiger partial charge in [-0.25, -0.2) is 4.98 Å². The highest BCUT2D eigenvalue weighted by Crippen LogP contribution is 2.50. The maximum Gasteiger partial charge on any atom is 0.233 e. The Labute approximate surface area is 155 Å². The maximum absolute atomic E-state index is 13.4. The van der Waals surface area contributed by atoms with Gasteiger partial charge in [0, 0.05) is 25.0 Å². The average Bonchev–Trinajstić information content (AvgIpc) is 3.41. The van der Waals surface area contributed by atoms with Crippen LogP contribution in [0.2, 0.25) is 0 Å². The first kappa shape index (κ1) is 17.1. The number of likely N-dealkylation sites (tertiary alicyclic amines) is 1. The first-order valence-electron chi connectivity index (χ1n) is 9.49. The van der Waals surface area contributed by atoms with Gasteiger partial charge in [0.1, 0.15) is 11.6 Å². The second kappa shape index (κ2) is 6.45. The standard InChI is InChI=1S/C21H27N3O2/c1-15-13-22-16(2)24(15)18-5-4-12-23(14-18)20(25)21(10-11-21)17-6-8-19(26-3)9-7-17/h6-9,13,18H,4-5,10-12,14H2,1-3H3. The molecule has 0 radical (unpaired) electrons. The molecule has 0 bridgehead atoms. The maximum atomic E-state index is 13.4. The summed E-state index contributed by atoms with van der Waals surface area (Å²) in [6.45, 7) is 5.79. The molecule has 138 valence electrons. The molecule has 0 spiro atoms. The predicted molar refractivity (Wildman–Crippen MR) is 100 cm³/mol. The van der Waals surface area contributed by atoms with Gasteiger partial charge < -0.3 is 14.2 Å². The van der Waals surface area contributed by atoms with Crippen molar-refractivity contribution in [2.24, 2.45) is 0 Å². The highest BCUT2D eigenvalue weighted by Gasteiger charge is 2.53. The van der Waals surface area contributed by atoms with E-state index in [9.17, 15) is 4.79 Å². The number of aromatic nitrogens is 2. The van der Waals surface area contributed by atoms with E-state index < -0.39 is 0 Å². The Kier molecular flexibility index (Phi) is 4.25. The van der Waals surface area contributed by atoms with Crippen LogP contribution in [0.25, 0.3) is 0 Å². The van der Waals surface area contributed by atoms with E-state index in [1.54, 1.807) is 7.11 Å². The number of hydrogen-bond acceptors (Lipinski definition) is 3. The normalized spacial score (nSPS) is 21.5. The lowest BCUT2D eigenvalue weighted by molar-refractivity contribution is -0.135. The minimum absolute atomic E-state index is 0.294. The monoisotopic (exact) mass is 353 g/mol. The molecular formula is C21H27N3O2. The molecule has 5 nitrogen and oxygen atoms in total. The van der Waals surface area contributed by atoms with E-state index in [1.165, 1.54) is 5.69 Å². The number of carbonyl (C=O) groups is 1. The van der Waals surface area contributed by atoms with Gasteiger partial charge in [-0.3, -0.25) is 4.79 Å². The van der Waals surface area contributed by atoms with Crippen molar-refractivity contribution in [3.05, 3.63) is 47.5 Å². The van der Waals surface area contributed by atoms with Crippen LogP contribution in [0.15, 0.2) is 30.5 Å². The molecule has 1 atom stereocenters. The van der Waals surface area contributed by atoms with Crippen molar-refractivity contribution in [1.29, 1.82) is 0 Å². The van der Waals surface area contributed by atoms with Crippen molar-refractivity contribution < 1.29 is 9.53 Å². The molecule has 4 rings (SSSR count). The Morgan fingerprint density at radius 1 is 1.23 bits per heavy atom. The van der Waals surface area contributed by atoms with Crippen LogP contribution in [0, 0.1) is 13.8 Å². The van der Waals surface area contributed by atoms with Crippen LogP contribution in [-0.2, 0) is 10.2 Å². The topological polar surface area (TPSA) is 47.4 Å². The fourth-order valence-corrected chi connectivity index (χ4v) is 4.43. The summed E-state index contributed by atoms with van der Waals surface area (Å²) in [4.78, 5) is 19.9. The SMILES string of the molecule is COc1ccc(C2(C(=O)N3CCCC(n4c(C)cnc4C)C3)CC2)cc1. The number of nitrogens with zero attached hydrogens (tertiary/aromatic N) is 3. The lowest BCUT2D eigenvalue weighted by Crippen LogP contribution is -2.45. The minimum atomic E-state index is -0.312. The van der Waals surface area contributed by atoms with Gasteiger partial charge >= 0.3 is 0 Å². The van der Waals surface area contributed by atoms with Crippen LogP contribution >= 0.6 is 0 Å². The summed E-state index contributed by atoms with van der Waals surface area (Å²) < 4.78 is 7.55. The first-order chi connectivity index (χ1) is 12.5. The number of piperidine rings is 1. The molecule has 1 saturated heterocycles. The minimum Gasteiger partial charge on any atom is -0.497 e. The molecular weight excluding hydrogens is 326 g/mol. The van der Waals surface area contributed by atoms with Gasteiger partial charge in [-0.05, 0) is 57.2 Å². The molecule has 2 fully saturated rings. The summed E-state index contributed by atoms with van der Waals surface area (Å²) >= 11 is 0. The number of ether oxygens (including phenoxy) is 1. The summed E-state index contributed by atoms with van der Waals surface area (Å²) in [6, 6.07) is 8.35. The molecule has 1 aromatic heterocycles. The summed E-state index contributed by atoms with van der Waals surface area (Å²) in [7, 11) is 1.67. The lowest BCUT2D eigenvalue weighted by Gasteiger charge is -2.36. The number of benzene rings is 1. The van der Waals surface area contributed by atoms with Gasteiger partial charge in [-0.15, -0.1) is 0 Å². The average molecular weight is 353 g/mol. The molecule has 0 N–H and O–H groups in total. The number of carbonyl (C=O) groups excluding carboxylic acids is 1. The molecule has 1 saturated carbocycles. The van der Waals surface area contributed by atoms with E-state index in [0.717, 1.165) is 55.9 Å². The summed E-state index contributed by atoms with van der Waals surface area (Å²) in [5.74, 6) is 2.17. The van der Waals surface area contributed by atoms with Crippen LogP contribution in [-0.4, -0.2) is 40.6 Å². The Morgan fingerprint density at radius 2 is 1.96 bits per heavy atom. The highest BCUT2D eigenvalue weighted by molar-refractivity contribution is 5.91. The molecule has 26 heavy (non-hydrogen) atoms. The Hall–Kier alpha value is -2.30. The second-order valence-corrected chi connectivity index (χ2v) is 7.67. The van der Waals surface area contributed by atoms with Crippen molar-refractivity contribution in [1.82, 2.24) is 14.5 Å². The third-order valence-electron chi connectivity index (χ3n) is 6.02. The number of imidazole rings is 1. The van der Waals surface area contributed by atoms with Crippen molar-refractivity contribution in [2.75, 3.05) is 20.2 Å². The third-order valence-corrected chi connectivity index (χ3v) is 6.02. The van der Waals surface area contributed by atoms with Crippen molar-refractivity contribution >= 4 is 5.91 Å². The summed E-state index contributed by atoms with van der Waals surface area (Å²) in [6.07, 6.45) is 5.98. The van der Waals surface area contributed by atoms with Crippen molar-refractivity contribution in [3.63, 3.8) is 0 Å². The molecule has 1 unspecified atom stereocenters. The highest BCUT2D eigenvalue weighted by atomic mass is 16.5. The quantitative estimate of drug-likeness (QED) is 0.846. The fraction of sp³-hybridized carbons (Fsp3) is 0.524. The van der Waals surface area contributed by atoms with E-state index in [1.807, 2.05) is 25.3 Å². The van der Waals surface area contributed by atoms with E-state index in [-0.39, 0.29) is 5.41 Å². The fourth-order valence-electron chi connectivity index (χ4n) is 4.43. The number of amides is 1. The molecule has 2 aromatic rings. The molecule has 1 aliphatic heterocycles. The molecule has 5 heteroatoms. The van der Waals surface area contributed by atoms with Crippen LogP contribution in [0.4, 0.5) is 0 Å². The van der Waals surface area contributed by atoms with Crippen LogP contribution in [0.1, 0.15) is 48.8 Å². The molecule has 1 amide bonds. The lowest BCUT2D eigenvalue weighted by atomic mass is 9.92. The van der Waals surface area contributed by atoms with E-state index in [4.69, 9.17) is 4.74 Å². The third kappa shape index (κ3) is 2.79. The zero-order valence-electron chi connectivity index (χ0n) is 15.9. The number of hydrogen-bond donors (Lipinski definition) is 0. The van der Waals surface area contributed by atoms with Gasteiger partial charge in [0.25, 0.3) is 0 Å². The smallest absolute Gasteiger partial charge is 0.233 e. The molecule has 2 heterocycles. The van der Waals surface area contributed by atoms with Crippen LogP contribution < -0.4 is 4.74 Å².